The van der Waals surface area contributed by atoms with Gasteiger partial charge in [-0.25, -0.2) is 4.98 Å². The van der Waals surface area contributed by atoms with Crippen LogP contribution in [0, 0.1) is 25.0 Å². The molecule has 0 radical (unpaired) electrons. The first kappa shape index (κ1) is 49.7. The van der Waals surface area contributed by atoms with Gasteiger partial charge in [0.1, 0.15) is 5.82 Å². The van der Waals surface area contributed by atoms with Crippen LogP contribution >= 0.6 is 0 Å². The Morgan fingerprint density at radius 2 is 1.08 bits per heavy atom. The second-order valence-electron chi connectivity index (χ2n) is 23.6. The van der Waals surface area contributed by atoms with Crippen LogP contribution < -0.4 is 14.5 Å². The molecule has 1 aliphatic rings. The summed E-state index contributed by atoms with van der Waals surface area (Å²) < 4.78 is 9.15. The molecule has 0 N–H and O–H groups in total. The van der Waals surface area contributed by atoms with Crippen LogP contribution in [0.2, 0.25) is 0 Å². The van der Waals surface area contributed by atoms with Crippen molar-refractivity contribution in [2.45, 2.75) is 152 Å². The number of allylic oxidation sites excluding steroid dienone is 1. The van der Waals surface area contributed by atoms with Crippen LogP contribution in [0.3, 0.4) is 0 Å². The number of fused-ring (bicyclic) bond motifs is 3. The molecule has 4 aromatic carbocycles. The standard InChI is InChI=1S/C56H70N4O.CH3.Pt/c1-51(2,3)36-19-22-47-46(30-36)45-21-20-43(33-48(45)60(47)50-31-37(23-24-57-50)52(4,5)6)61-44-29-40(55(13,14)15)28-42(32-44)59-35-58(34-49(59)56(16,17)18)41-26-38(53(7,8)9)25-39(27-41)54(10,11)12;;/h19-31,34H,35H2,1-18H3;1H3;/q-2;-1;. The van der Waals surface area contributed by atoms with Gasteiger partial charge in [0.15, 0.2) is 0 Å². The molecule has 0 amide bonds. The average molecular weight is 1030 g/mol. The van der Waals surface area contributed by atoms with E-state index in [0.29, 0.717) is 18.2 Å². The Labute approximate surface area is 395 Å². The minimum Gasteiger partial charge on any atom is -0.509 e. The van der Waals surface area contributed by atoms with Crippen molar-refractivity contribution in [3.05, 3.63) is 138 Å². The van der Waals surface area contributed by atoms with Gasteiger partial charge in [-0.05, 0) is 85.0 Å². The third kappa shape index (κ3) is 10.3. The van der Waals surface area contributed by atoms with Crippen LogP contribution in [-0.4, -0.2) is 16.2 Å². The summed E-state index contributed by atoms with van der Waals surface area (Å²) in [5.74, 6) is 2.17. The Bertz CT molecular complexity index is 2630. The molecule has 0 atom stereocenters. The topological polar surface area (TPSA) is 33.5 Å². The first-order chi connectivity index (χ1) is 28.0. The Morgan fingerprint density at radius 3 is 1.63 bits per heavy atom. The van der Waals surface area contributed by atoms with E-state index in [1.54, 1.807) is 0 Å². The fourth-order valence-corrected chi connectivity index (χ4v) is 8.07. The van der Waals surface area contributed by atoms with E-state index in [2.05, 4.69) is 230 Å². The number of hydrogen-bond donors (Lipinski definition) is 0. The van der Waals surface area contributed by atoms with Gasteiger partial charge in [-0.2, -0.15) is 6.07 Å². The normalized spacial score (nSPS) is 14.2. The Morgan fingerprint density at radius 1 is 0.524 bits per heavy atom. The zero-order valence-corrected chi connectivity index (χ0v) is 44.1. The summed E-state index contributed by atoms with van der Waals surface area (Å²) in [6, 6.07) is 34.5. The molecule has 0 aliphatic carbocycles. The molecule has 0 unspecified atom stereocenters. The fraction of sp³-hybridized carbons (Fsp3) is 0.439. The monoisotopic (exact) mass is 1020 g/mol. The Hall–Kier alpha value is -4.34. The Kier molecular flexibility index (Phi) is 13.3. The van der Waals surface area contributed by atoms with Gasteiger partial charge in [0.25, 0.3) is 0 Å². The number of benzene rings is 4. The van der Waals surface area contributed by atoms with E-state index >= 15 is 0 Å². The van der Waals surface area contributed by atoms with Gasteiger partial charge >= 0.3 is 0 Å². The SMILES string of the molecule is CC(C)(C)C1=CN(c2cc(C(C)(C)C)cc(C(C)(C)C)c2)CN1c1[c-]c(Oc2[c-]c3c(cc2)c2cc(C(C)(C)C)ccc2n3-c2cc(C(C)(C)C)ccn2)cc(C(C)(C)C)c1.[CH3-].[Pt]. The van der Waals surface area contributed by atoms with Gasteiger partial charge in [0.05, 0.1) is 6.67 Å². The number of nitrogens with zero attached hydrogens (tertiary/aromatic N) is 4. The maximum atomic E-state index is 6.90. The summed E-state index contributed by atoms with van der Waals surface area (Å²) in [4.78, 5) is 9.78. The van der Waals surface area contributed by atoms with Crippen LogP contribution in [0.5, 0.6) is 11.5 Å². The number of hydrogen-bond acceptors (Lipinski definition) is 4. The number of anilines is 2. The smallest absolute Gasteiger partial charge is 0.135 e. The molecule has 340 valence electrons. The van der Waals surface area contributed by atoms with E-state index in [-0.39, 0.29) is 61.0 Å². The summed E-state index contributed by atoms with van der Waals surface area (Å²) in [5, 5.41) is 2.30. The molecule has 5 nitrogen and oxygen atoms in total. The minimum atomic E-state index is -0.135. The van der Waals surface area contributed by atoms with Gasteiger partial charge in [0, 0.05) is 67.3 Å². The molecule has 7 rings (SSSR count). The summed E-state index contributed by atoms with van der Waals surface area (Å²) in [6.07, 6.45) is 4.27. The molecule has 0 bridgehead atoms. The zero-order chi connectivity index (χ0) is 44.8. The molecule has 1 aliphatic heterocycles. The zero-order valence-electron chi connectivity index (χ0n) is 41.8. The fourth-order valence-electron chi connectivity index (χ4n) is 8.07. The second kappa shape index (κ2) is 16.9. The summed E-state index contributed by atoms with van der Waals surface area (Å²) in [7, 11) is 0. The molecule has 6 aromatic rings. The van der Waals surface area contributed by atoms with Crippen molar-refractivity contribution in [2.75, 3.05) is 16.5 Å². The van der Waals surface area contributed by atoms with Crippen molar-refractivity contribution in [1.29, 1.82) is 0 Å². The third-order valence-corrected chi connectivity index (χ3v) is 12.2. The van der Waals surface area contributed by atoms with E-state index < -0.39 is 0 Å². The second-order valence-corrected chi connectivity index (χ2v) is 23.6. The first-order valence-corrected chi connectivity index (χ1v) is 22.1. The molecule has 3 heterocycles. The van der Waals surface area contributed by atoms with Crippen molar-refractivity contribution >= 4 is 33.2 Å². The molecule has 0 fully saturated rings. The third-order valence-electron chi connectivity index (χ3n) is 12.2. The van der Waals surface area contributed by atoms with Gasteiger partial charge in [-0.1, -0.05) is 154 Å². The van der Waals surface area contributed by atoms with Crippen LogP contribution in [0.4, 0.5) is 11.4 Å². The van der Waals surface area contributed by atoms with Gasteiger partial charge in [-0.3, -0.25) is 0 Å². The summed E-state index contributed by atoms with van der Waals surface area (Å²) in [6.45, 7) is 41.7. The van der Waals surface area contributed by atoms with Crippen LogP contribution in [0.25, 0.3) is 27.6 Å². The molecule has 2 aromatic heterocycles. The van der Waals surface area contributed by atoms with E-state index in [9.17, 15) is 0 Å². The number of pyridine rings is 1. The molecular formula is C57H73N4OPt-3. The van der Waals surface area contributed by atoms with Crippen molar-refractivity contribution in [2.24, 2.45) is 5.41 Å². The predicted octanol–water partition coefficient (Wildman–Crippen LogP) is 15.7. The van der Waals surface area contributed by atoms with Crippen molar-refractivity contribution in [3.63, 3.8) is 0 Å². The quantitative estimate of drug-likeness (QED) is 0.161. The first-order valence-electron chi connectivity index (χ1n) is 22.1. The van der Waals surface area contributed by atoms with Crippen LogP contribution in [0.15, 0.2) is 90.9 Å². The molecule has 0 saturated heterocycles. The van der Waals surface area contributed by atoms with Crippen molar-refractivity contribution < 1.29 is 25.8 Å². The molecule has 63 heavy (non-hydrogen) atoms. The molecule has 0 spiro atoms. The summed E-state index contributed by atoms with van der Waals surface area (Å²) >= 11 is 0. The predicted molar refractivity (Wildman–Crippen MR) is 266 cm³/mol. The minimum absolute atomic E-state index is 0. The average Bonchev–Trinajstić information content (AvgIpc) is 3.73. The maximum Gasteiger partial charge on any atom is 0.135 e. The van der Waals surface area contributed by atoms with E-state index in [0.717, 1.165) is 27.9 Å². The van der Waals surface area contributed by atoms with Crippen molar-refractivity contribution in [1.82, 2.24) is 9.55 Å². The van der Waals surface area contributed by atoms with Gasteiger partial charge in [0.2, 0.25) is 0 Å². The number of rotatable bonds is 5. The maximum absolute atomic E-state index is 6.90. The summed E-state index contributed by atoms with van der Waals surface area (Å²) in [5.41, 5.74) is 11.6. The van der Waals surface area contributed by atoms with E-state index in [1.165, 1.54) is 44.6 Å². The molecule has 6 heteroatoms. The van der Waals surface area contributed by atoms with Crippen LogP contribution in [-0.2, 0) is 48.1 Å². The van der Waals surface area contributed by atoms with Crippen LogP contribution in [0.1, 0.15) is 152 Å². The molecular weight excluding hydrogens is 952 g/mol. The Balaban J connectivity index is 0.00000374. The number of ether oxygens (including phenoxy) is 1. The van der Waals surface area contributed by atoms with E-state index in [4.69, 9.17) is 9.72 Å². The van der Waals surface area contributed by atoms with E-state index in [1.807, 2.05) is 6.20 Å². The number of aromatic nitrogens is 2. The molecule has 0 saturated carbocycles. The van der Waals surface area contributed by atoms with Gasteiger partial charge in [-0.15, -0.1) is 41.3 Å². The van der Waals surface area contributed by atoms with Gasteiger partial charge < -0.3 is 26.5 Å². The largest absolute Gasteiger partial charge is 0.509 e. The van der Waals surface area contributed by atoms with Crippen molar-refractivity contribution in [3.8, 4) is 17.3 Å².